The monoisotopic (exact) mass is 405 g/mol. The van der Waals surface area contributed by atoms with E-state index in [1.54, 1.807) is 0 Å². The van der Waals surface area contributed by atoms with Crippen molar-refractivity contribution in [2.45, 2.75) is 64.6 Å². The Balaban J connectivity index is 1.72. The first-order valence-corrected chi connectivity index (χ1v) is 10.9. The SMILES string of the molecule is CCNC(=NCC(O)c1ccc(C(C)(C)C)cc1)NCCCOCC1CCCO1. The summed E-state index contributed by atoms with van der Waals surface area (Å²) in [7, 11) is 0. The maximum absolute atomic E-state index is 10.5. The number of rotatable bonds is 10. The van der Waals surface area contributed by atoms with E-state index in [1.807, 2.05) is 19.1 Å². The number of nitrogens with one attached hydrogen (secondary N) is 2. The second-order valence-corrected chi connectivity index (χ2v) is 8.60. The summed E-state index contributed by atoms with van der Waals surface area (Å²) in [5, 5.41) is 17.0. The third kappa shape index (κ3) is 8.72. The molecule has 0 radical (unpaired) electrons. The van der Waals surface area contributed by atoms with Gasteiger partial charge in [0.1, 0.15) is 0 Å². The molecule has 2 atom stereocenters. The van der Waals surface area contributed by atoms with E-state index in [9.17, 15) is 5.11 Å². The van der Waals surface area contributed by atoms with Crippen molar-refractivity contribution in [2.75, 3.05) is 39.5 Å². The topological polar surface area (TPSA) is 75.1 Å². The second-order valence-electron chi connectivity index (χ2n) is 8.60. The molecular formula is C23H39N3O3. The molecule has 0 saturated carbocycles. The maximum Gasteiger partial charge on any atom is 0.191 e. The van der Waals surface area contributed by atoms with E-state index < -0.39 is 6.10 Å². The van der Waals surface area contributed by atoms with Gasteiger partial charge in [0.15, 0.2) is 5.96 Å². The summed E-state index contributed by atoms with van der Waals surface area (Å²) in [4.78, 5) is 4.53. The van der Waals surface area contributed by atoms with Crippen LogP contribution in [-0.2, 0) is 14.9 Å². The molecular weight excluding hydrogens is 366 g/mol. The summed E-state index contributed by atoms with van der Waals surface area (Å²) >= 11 is 0. The summed E-state index contributed by atoms with van der Waals surface area (Å²) in [6, 6.07) is 8.16. The lowest BCUT2D eigenvalue weighted by Crippen LogP contribution is -2.38. The first kappa shape index (κ1) is 23.6. The van der Waals surface area contributed by atoms with Gasteiger partial charge >= 0.3 is 0 Å². The molecule has 2 rings (SSSR count). The molecule has 1 aromatic rings. The van der Waals surface area contributed by atoms with E-state index in [0.717, 1.165) is 50.5 Å². The van der Waals surface area contributed by atoms with Gasteiger partial charge in [-0.15, -0.1) is 0 Å². The minimum atomic E-state index is -0.616. The molecule has 1 aromatic carbocycles. The van der Waals surface area contributed by atoms with Crippen molar-refractivity contribution in [3.8, 4) is 0 Å². The molecule has 0 spiro atoms. The second kappa shape index (κ2) is 12.2. The lowest BCUT2D eigenvalue weighted by Gasteiger charge is -2.20. The van der Waals surface area contributed by atoms with Crippen LogP contribution in [0.15, 0.2) is 29.3 Å². The highest BCUT2D eigenvalue weighted by molar-refractivity contribution is 5.79. The fourth-order valence-corrected chi connectivity index (χ4v) is 3.20. The summed E-state index contributed by atoms with van der Waals surface area (Å²) in [5.74, 6) is 0.719. The standard InChI is InChI=1S/C23H39N3O3/c1-5-24-22(25-13-7-14-28-17-20-8-6-15-29-20)26-16-21(27)18-9-11-19(12-10-18)23(2,3)4/h9-12,20-21,27H,5-8,13-17H2,1-4H3,(H2,24,25,26). The Labute approximate surface area is 176 Å². The number of ether oxygens (including phenoxy) is 2. The number of aliphatic imine (C=N–C) groups is 1. The van der Waals surface area contributed by atoms with E-state index >= 15 is 0 Å². The Morgan fingerprint density at radius 2 is 2.03 bits per heavy atom. The Morgan fingerprint density at radius 3 is 2.66 bits per heavy atom. The van der Waals surface area contributed by atoms with E-state index in [-0.39, 0.29) is 11.5 Å². The van der Waals surface area contributed by atoms with Crippen molar-refractivity contribution in [3.63, 3.8) is 0 Å². The number of hydrogen-bond donors (Lipinski definition) is 3. The number of aliphatic hydroxyl groups excluding tert-OH is 1. The molecule has 6 nitrogen and oxygen atoms in total. The summed E-state index contributed by atoms with van der Waals surface area (Å²) in [6.07, 6.45) is 2.81. The van der Waals surface area contributed by atoms with Gasteiger partial charge in [-0.2, -0.15) is 0 Å². The Hall–Kier alpha value is -1.63. The largest absolute Gasteiger partial charge is 0.386 e. The van der Waals surface area contributed by atoms with Gasteiger partial charge in [0.25, 0.3) is 0 Å². The molecule has 0 aliphatic carbocycles. The molecule has 2 unspecified atom stereocenters. The van der Waals surface area contributed by atoms with Crippen molar-refractivity contribution in [2.24, 2.45) is 4.99 Å². The van der Waals surface area contributed by atoms with Crippen LogP contribution in [0.4, 0.5) is 0 Å². The average Bonchev–Trinajstić information content (AvgIpc) is 3.21. The Kier molecular flexibility index (Phi) is 9.91. The van der Waals surface area contributed by atoms with E-state index in [4.69, 9.17) is 9.47 Å². The zero-order chi connectivity index (χ0) is 21.1. The van der Waals surface area contributed by atoms with Crippen molar-refractivity contribution < 1.29 is 14.6 Å². The molecule has 1 heterocycles. The molecule has 3 N–H and O–H groups in total. The van der Waals surface area contributed by atoms with Gasteiger partial charge in [-0.25, -0.2) is 0 Å². The smallest absolute Gasteiger partial charge is 0.191 e. The zero-order valence-corrected chi connectivity index (χ0v) is 18.5. The zero-order valence-electron chi connectivity index (χ0n) is 18.5. The van der Waals surface area contributed by atoms with Crippen LogP contribution >= 0.6 is 0 Å². The first-order chi connectivity index (χ1) is 13.9. The van der Waals surface area contributed by atoms with Gasteiger partial charge in [0.05, 0.1) is 25.4 Å². The number of hydrogen-bond acceptors (Lipinski definition) is 4. The highest BCUT2D eigenvalue weighted by Gasteiger charge is 2.15. The Morgan fingerprint density at radius 1 is 1.28 bits per heavy atom. The van der Waals surface area contributed by atoms with Gasteiger partial charge < -0.3 is 25.2 Å². The molecule has 0 aromatic heterocycles. The molecule has 164 valence electrons. The van der Waals surface area contributed by atoms with Crippen LogP contribution in [0.1, 0.15) is 64.2 Å². The molecule has 0 bridgehead atoms. The molecule has 1 aliphatic rings. The van der Waals surface area contributed by atoms with Gasteiger partial charge in [-0.1, -0.05) is 45.0 Å². The summed E-state index contributed by atoms with van der Waals surface area (Å²) < 4.78 is 11.2. The minimum Gasteiger partial charge on any atom is -0.386 e. The third-order valence-corrected chi connectivity index (χ3v) is 5.01. The highest BCUT2D eigenvalue weighted by Crippen LogP contribution is 2.24. The first-order valence-electron chi connectivity index (χ1n) is 10.9. The van der Waals surface area contributed by atoms with E-state index in [2.05, 4.69) is 48.5 Å². The van der Waals surface area contributed by atoms with E-state index in [1.165, 1.54) is 5.56 Å². The maximum atomic E-state index is 10.5. The van der Waals surface area contributed by atoms with E-state index in [0.29, 0.717) is 19.8 Å². The lowest BCUT2D eigenvalue weighted by molar-refractivity contribution is 0.0168. The van der Waals surface area contributed by atoms with Crippen LogP contribution in [0.5, 0.6) is 0 Å². The average molecular weight is 406 g/mol. The van der Waals surface area contributed by atoms with Gasteiger partial charge in [-0.3, -0.25) is 4.99 Å². The summed E-state index contributed by atoms with van der Waals surface area (Å²) in [6.45, 7) is 12.7. The number of guanidine groups is 1. The highest BCUT2D eigenvalue weighted by atomic mass is 16.5. The fraction of sp³-hybridized carbons (Fsp3) is 0.696. The van der Waals surface area contributed by atoms with Crippen LogP contribution in [0.3, 0.4) is 0 Å². The van der Waals surface area contributed by atoms with Crippen molar-refractivity contribution in [1.29, 1.82) is 0 Å². The molecule has 1 fully saturated rings. The van der Waals surface area contributed by atoms with Gasteiger partial charge in [-0.05, 0) is 42.7 Å². The normalized spacial score (nSPS) is 18.7. The van der Waals surface area contributed by atoms with Crippen LogP contribution in [-0.4, -0.2) is 56.6 Å². The molecule has 1 saturated heterocycles. The molecule has 29 heavy (non-hydrogen) atoms. The molecule has 1 aliphatic heterocycles. The van der Waals surface area contributed by atoms with Crippen LogP contribution in [0.2, 0.25) is 0 Å². The quantitative estimate of drug-likeness (QED) is 0.317. The number of nitrogens with zero attached hydrogens (tertiary/aromatic N) is 1. The van der Waals surface area contributed by atoms with Crippen molar-refractivity contribution >= 4 is 5.96 Å². The fourth-order valence-electron chi connectivity index (χ4n) is 3.20. The van der Waals surface area contributed by atoms with Crippen LogP contribution in [0.25, 0.3) is 0 Å². The molecule has 0 amide bonds. The predicted octanol–water partition coefficient (Wildman–Crippen LogP) is 3.16. The lowest BCUT2D eigenvalue weighted by atomic mass is 9.86. The Bertz CT molecular complexity index is 605. The van der Waals surface area contributed by atoms with Crippen molar-refractivity contribution in [1.82, 2.24) is 10.6 Å². The minimum absolute atomic E-state index is 0.109. The number of benzene rings is 1. The predicted molar refractivity (Wildman–Crippen MR) is 118 cm³/mol. The number of aliphatic hydroxyl groups is 1. The van der Waals surface area contributed by atoms with Crippen molar-refractivity contribution in [3.05, 3.63) is 35.4 Å². The summed E-state index contributed by atoms with van der Waals surface area (Å²) in [5.41, 5.74) is 2.26. The van der Waals surface area contributed by atoms with Crippen LogP contribution in [0, 0.1) is 0 Å². The van der Waals surface area contributed by atoms with Gasteiger partial charge in [0, 0.05) is 26.3 Å². The molecule has 6 heteroatoms. The van der Waals surface area contributed by atoms with Gasteiger partial charge in [0.2, 0.25) is 0 Å². The third-order valence-electron chi connectivity index (χ3n) is 5.01. The van der Waals surface area contributed by atoms with Crippen LogP contribution < -0.4 is 10.6 Å².